The van der Waals surface area contributed by atoms with E-state index in [9.17, 15) is 9.18 Å². The molecule has 0 bridgehead atoms. The van der Waals surface area contributed by atoms with Crippen LogP contribution in [0.4, 0.5) is 4.39 Å². The quantitative estimate of drug-likeness (QED) is 0.766. The van der Waals surface area contributed by atoms with E-state index in [0.717, 1.165) is 24.8 Å². The molecule has 1 unspecified atom stereocenters. The topological polar surface area (TPSA) is 26.3 Å². The van der Waals surface area contributed by atoms with Gasteiger partial charge in [0.15, 0.2) is 5.78 Å². The summed E-state index contributed by atoms with van der Waals surface area (Å²) in [7, 11) is 0. The summed E-state index contributed by atoms with van der Waals surface area (Å²) in [6.07, 6.45) is 3.31. The summed E-state index contributed by atoms with van der Waals surface area (Å²) in [6, 6.07) is 3.26. The number of aryl methyl sites for hydroxylation is 2. The van der Waals surface area contributed by atoms with E-state index in [2.05, 4.69) is 0 Å². The minimum atomic E-state index is -0.409. The Balaban J connectivity index is 2.13. The molecule has 0 aromatic heterocycles. The molecule has 1 aromatic rings. The summed E-state index contributed by atoms with van der Waals surface area (Å²) in [5, 5.41) is 0. The molecule has 2 rings (SSSR count). The van der Waals surface area contributed by atoms with Crippen LogP contribution in [-0.4, -0.2) is 18.5 Å². The molecule has 0 spiro atoms. The average molecular weight is 250 g/mol. The standard InChI is InChI=1S/C15H19FO2/c1-10-7-11(2)15(13(16)8-10)14(17)9-12-5-3-4-6-18-12/h7-8,12H,3-6,9H2,1-2H3. The molecule has 0 saturated carbocycles. The molecule has 1 aliphatic heterocycles. The maximum atomic E-state index is 13.9. The van der Waals surface area contributed by atoms with Crippen LogP contribution in [0.15, 0.2) is 12.1 Å². The van der Waals surface area contributed by atoms with Crippen molar-refractivity contribution in [2.45, 2.75) is 45.6 Å². The summed E-state index contributed by atoms with van der Waals surface area (Å²) in [4.78, 5) is 12.1. The zero-order valence-corrected chi connectivity index (χ0v) is 11.0. The minimum absolute atomic E-state index is 0.0358. The van der Waals surface area contributed by atoms with E-state index < -0.39 is 5.82 Å². The highest BCUT2D eigenvalue weighted by Crippen LogP contribution is 2.22. The van der Waals surface area contributed by atoms with Gasteiger partial charge in [-0.05, 0) is 50.3 Å². The first kappa shape index (κ1) is 13.2. The smallest absolute Gasteiger partial charge is 0.168 e. The highest BCUT2D eigenvalue weighted by Gasteiger charge is 2.22. The van der Waals surface area contributed by atoms with E-state index in [-0.39, 0.29) is 17.5 Å². The van der Waals surface area contributed by atoms with Crippen molar-refractivity contribution in [1.82, 2.24) is 0 Å². The second kappa shape index (κ2) is 5.61. The van der Waals surface area contributed by atoms with E-state index in [1.807, 2.05) is 13.0 Å². The van der Waals surface area contributed by atoms with Gasteiger partial charge in [-0.3, -0.25) is 4.79 Å². The van der Waals surface area contributed by atoms with Gasteiger partial charge in [0.25, 0.3) is 0 Å². The predicted octanol–water partition coefficient (Wildman–Crippen LogP) is 3.58. The summed E-state index contributed by atoms with van der Waals surface area (Å²) in [5.41, 5.74) is 1.79. The van der Waals surface area contributed by atoms with E-state index >= 15 is 0 Å². The Bertz CT molecular complexity index is 425. The Morgan fingerprint density at radius 2 is 2.17 bits per heavy atom. The number of hydrogen-bond donors (Lipinski definition) is 0. The van der Waals surface area contributed by atoms with Crippen LogP contribution in [0, 0.1) is 19.7 Å². The molecule has 3 heteroatoms. The molecular formula is C15H19FO2. The molecule has 1 aromatic carbocycles. The fraction of sp³-hybridized carbons (Fsp3) is 0.533. The van der Waals surface area contributed by atoms with Crippen LogP contribution < -0.4 is 0 Å². The first-order valence-corrected chi connectivity index (χ1v) is 6.49. The van der Waals surface area contributed by atoms with Gasteiger partial charge in [0, 0.05) is 13.0 Å². The lowest BCUT2D eigenvalue weighted by Gasteiger charge is -2.22. The molecule has 0 amide bonds. The zero-order valence-electron chi connectivity index (χ0n) is 11.0. The summed E-state index contributed by atoms with van der Waals surface area (Å²) >= 11 is 0. The molecule has 0 N–H and O–H groups in total. The molecule has 1 atom stereocenters. The molecule has 1 fully saturated rings. The minimum Gasteiger partial charge on any atom is -0.378 e. The van der Waals surface area contributed by atoms with Gasteiger partial charge in [0.2, 0.25) is 0 Å². The van der Waals surface area contributed by atoms with Gasteiger partial charge in [-0.25, -0.2) is 4.39 Å². The number of ether oxygens (including phenoxy) is 1. The number of ketones is 1. The summed E-state index contributed by atoms with van der Waals surface area (Å²) in [6.45, 7) is 4.33. The number of benzene rings is 1. The molecule has 1 aliphatic rings. The van der Waals surface area contributed by atoms with E-state index in [0.29, 0.717) is 18.6 Å². The number of halogens is 1. The average Bonchev–Trinajstić information content (AvgIpc) is 2.28. The Labute approximate surface area is 107 Å². The molecule has 98 valence electrons. The van der Waals surface area contributed by atoms with Crippen LogP contribution in [0.2, 0.25) is 0 Å². The Hall–Kier alpha value is -1.22. The molecule has 18 heavy (non-hydrogen) atoms. The SMILES string of the molecule is Cc1cc(C)c(C(=O)CC2CCCCO2)c(F)c1. The van der Waals surface area contributed by atoms with Gasteiger partial charge in [0.1, 0.15) is 5.82 Å². The van der Waals surface area contributed by atoms with Gasteiger partial charge < -0.3 is 4.74 Å². The monoisotopic (exact) mass is 250 g/mol. The largest absolute Gasteiger partial charge is 0.378 e. The number of rotatable bonds is 3. The number of carbonyl (C=O) groups is 1. The van der Waals surface area contributed by atoms with Gasteiger partial charge in [-0.2, -0.15) is 0 Å². The number of hydrogen-bond acceptors (Lipinski definition) is 2. The fourth-order valence-corrected chi connectivity index (χ4v) is 2.55. The number of Topliss-reactive ketones (excluding diaryl/α,β-unsaturated/α-hetero) is 1. The molecular weight excluding hydrogens is 231 g/mol. The van der Waals surface area contributed by atoms with Crippen LogP contribution in [0.5, 0.6) is 0 Å². The van der Waals surface area contributed by atoms with Crippen molar-refractivity contribution in [1.29, 1.82) is 0 Å². The maximum absolute atomic E-state index is 13.9. The summed E-state index contributed by atoms with van der Waals surface area (Å²) < 4.78 is 19.4. The van der Waals surface area contributed by atoms with Crippen LogP contribution in [-0.2, 0) is 4.74 Å². The van der Waals surface area contributed by atoms with Crippen LogP contribution in [0.3, 0.4) is 0 Å². The first-order valence-electron chi connectivity index (χ1n) is 6.49. The van der Waals surface area contributed by atoms with Crippen molar-refractivity contribution in [3.05, 3.63) is 34.6 Å². The van der Waals surface area contributed by atoms with Crippen molar-refractivity contribution in [2.24, 2.45) is 0 Å². The third-order valence-electron chi connectivity index (χ3n) is 3.40. The van der Waals surface area contributed by atoms with Crippen molar-refractivity contribution in [3.8, 4) is 0 Å². The van der Waals surface area contributed by atoms with Crippen LogP contribution >= 0.6 is 0 Å². The molecule has 0 aliphatic carbocycles. The highest BCUT2D eigenvalue weighted by atomic mass is 19.1. The normalized spacial score (nSPS) is 19.8. The highest BCUT2D eigenvalue weighted by molar-refractivity contribution is 5.98. The van der Waals surface area contributed by atoms with Crippen LogP contribution in [0.1, 0.15) is 47.2 Å². The Morgan fingerprint density at radius 1 is 1.39 bits per heavy atom. The maximum Gasteiger partial charge on any atom is 0.168 e. The van der Waals surface area contributed by atoms with Crippen molar-refractivity contribution in [3.63, 3.8) is 0 Å². The van der Waals surface area contributed by atoms with Crippen molar-refractivity contribution < 1.29 is 13.9 Å². The second-order valence-electron chi connectivity index (χ2n) is 5.05. The number of carbonyl (C=O) groups excluding carboxylic acids is 1. The Morgan fingerprint density at radius 3 is 2.78 bits per heavy atom. The zero-order chi connectivity index (χ0) is 13.1. The lowest BCUT2D eigenvalue weighted by atomic mass is 9.96. The van der Waals surface area contributed by atoms with Gasteiger partial charge in [-0.15, -0.1) is 0 Å². The van der Waals surface area contributed by atoms with Crippen molar-refractivity contribution >= 4 is 5.78 Å². The summed E-state index contributed by atoms with van der Waals surface area (Å²) in [5.74, 6) is -0.551. The lowest BCUT2D eigenvalue weighted by molar-refractivity contribution is 0.0128. The fourth-order valence-electron chi connectivity index (χ4n) is 2.55. The Kier molecular flexibility index (Phi) is 4.12. The third-order valence-corrected chi connectivity index (χ3v) is 3.40. The van der Waals surface area contributed by atoms with Crippen molar-refractivity contribution in [2.75, 3.05) is 6.61 Å². The van der Waals surface area contributed by atoms with E-state index in [4.69, 9.17) is 4.74 Å². The third kappa shape index (κ3) is 2.96. The van der Waals surface area contributed by atoms with Crippen LogP contribution in [0.25, 0.3) is 0 Å². The van der Waals surface area contributed by atoms with Gasteiger partial charge in [0.05, 0.1) is 11.7 Å². The van der Waals surface area contributed by atoms with E-state index in [1.54, 1.807) is 6.92 Å². The van der Waals surface area contributed by atoms with Gasteiger partial charge in [-0.1, -0.05) is 6.07 Å². The second-order valence-corrected chi connectivity index (χ2v) is 5.05. The molecule has 1 heterocycles. The predicted molar refractivity (Wildman–Crippen MR) is 68.4 cm³/mol. The van der Waals surface area contributed by atoms with Gasteiger partial charge >= 0.3 is 0 Å². The molecule has 0 radical (unpaired) electrons. The molecule has 2 nitrogen and oxygen atoms in total. The van der Waals surface area contributed by atoms with E-state index in [1.165, 1.54) is 6.07 Å². The lowest BCUT2D eigenvalue weighted by Crippen LogP contribution is -2.23. The molecule has 1 saturated heterocycles. The first-order chi connectivity index (χ1) is 8.58.